The number of rotatable bonds is 5. The van der Waals surface area contributed by atoms with Crippen molar-refractivity contribution >= 4 is 31.3 Å². The fourth-order valence-corrected chi connectivity index (χ4v) is 2.84. The van der Waals surface area contributed by atoms with Gasteiger partial charge in [0.05, 0.1) is 6.61 Å². The number of amides is 1. The smallest absolute Gasteiger partial charge is 0.265 e. The molecule has 0 radical (unpaired) electrons. The Morgan fingerprint density at radius 1 is 1.18 bits per heavy atom. The minimum Gasteiger partial charge on any atom is -0.492 e. The zero-order chi connectivity index (χ0) is 16.2. The fourth-order valence-electron chi connectivity index (χ4n) is 1.84. The van der Waals surface area contributed by atoms with Crippen molar-refractivity contribution in [2.45, 2.75) is 11.8 Å². The van der Waals surface area contributed by atoms with Gasteiger partial charge in [-0.15, -0.1) is 0 Å². The summed E-state index contributed by atoms with van der Waals surface area (Å²) in [7, 11) is 1.42. The molecule has 2 aromatic rings. The predicted octanol–water partition coefficient (Wildman–Crippen LogP) is 3.27. The molecule has 0 fully saturated rings. The summed E-state index contributed by atoms with van der Waals surface area (Å²) in [6.45, 7) is 2.03. The number of hydrogen-bond donors (Lipinski definition) is 1. The van der Waals surface area contributed by atoms with Crippen molar-refractivity contribution in [3.8, 4) is 5.75 Å². The lowest BCUT2D eigenvalue weighted by Gasteiger charge is -2.11. The van der Waals surface area contributed by atoms with Crippen molar-refractivity contribution in [3.05, 3.63) is 54.1 Å². The molecule has 0 aromatic heterocycles. The van der Waals surface area contributed by atoms with E-state index in [1.165, 1.54) is 12.1 Å². The van der Waals surface area contributed by atoms with Gasteiger partial charge in [-0.1, -0.05) is 18.2 Å². The second-order valence-corrected chi connectivity index (χ2v) is 6.89. The second-order valence-electron chi connectivity index (χ2n) is 4.35. The SMILES string of the molecule is CCOc1ccc(NC(=O)c2ccccc2)cc1S(=O)(=O)Cl. The van der Waals surface area contributed by atoms with Crippen LogP contribution in [-0.4, -0.2) is 20.9 Å². The van der Waals surface area contributed by atoms with Gasteiger partial charge in [0.2, 0.25) is 0 Å². The van der Waals surface area contributed by atoms with Crippen LogP contribution in [0.3, 0.4) is 0 Å². The van der Waals surface area contributed by atoms with Crippen LogP contribution in [0.5, 0.6) is 5.75 Å². The Morgan fingerprint density at radius 3 is 2.45 bits per heavy atom. The lowest BCUT2D eigenvalue weighted by atomic mass is 10.2. The van der Waals surface area contributed by atoms with Gasteiger partial charge in [-0.05, 0) is 37.3 Å². The van der Waals surface area contributed by atoms with Gasteiger partial charge in [-0.25, -0.2) is 8.42 Å². The maximum Gasteiger partial charge on any atom is 0.265 e. The summed E-state index contributed by atoms with van der Waals surface area (Å²) in [4.78, 5) is 11.9. The van der Waals surface area contributed by atoms with Crippen LogP contribution in [0.15, 0.2) is 53.4 Å². The van der Waals surface area contributed by atoms with Gasteiger partial charge in [-0.3, -0.25) is 4.79 Å². The number of benzene rings is 2. The van der Waals surface area contributed by atoms with Gasteiger partial charge in [0.15, 0.2) is 0 Å². The molecule has 1 N–H and O–H groups in total. The number of ether oxygens (including phenoxy) is 1. The molecule has 0 atom stereocenters. The van der Waals surface area contributed by atoms with Gasteiger partial charge in [0.1, 0.15) is 10.6 Å². The minimum atomic E-state index is -3.98. The molecule has 2 rings (SSSR count). The maximum absolute atomic E-state index is 12.1. The summed E-state index contributed by atoms with van der Waals surface area (Å²) >= 11 is 0. The van der Waals surface area contributed by atoms with Crippen LogP contribution in [0, 0.1) is 0 Å². The van der Waals surface area contributed by atoms with Gasteiger partial charge in [-0.2, -0.15) is 0 Å². The summed E-state index contributed by atoms with van der Waals surface area (Å²) in [5.41, 5.74) is 0.781. The average molecular weight is 340 g/mol. The highest BCUT2D eigenvalue weighted by Gasteiger charge is 2.18. The largest absolute Gasteiger partial charge is 0.492 e. The van der Waals surface area contributed by atoms with Crippen LogP contribution in [-0.2, 0) is 9.05 Å². The molecule has 5 nitrogen and oxygen atoms in total. The highest BCUT2D eigenvalue weighted by molar-refractivity contribution is 8.13. The molecule has 7 heteroatoms. The Morgan fingerprint density at radius 2 is 1.86 bits per heavy atom. The maximum atomic E-state index is 12.1. The highest BCUT2D eigenvalue weighted by atomic mass is 35.7. The molecule has 0 heterocycles. The molecule has 0 aliphatic rings. The lowest BCUT2D eigenvalue weighted by Crippen LogP contribution is -2.12. The third-order valence-corrected chi connectivity index (χ3v) is 4.14. The van der Waals surface area contributed by atoms with Crippen LogP contribution >= 0.6 is 10.7 Å². The van der Waals surface area contributed by atoms with Crippen molar-refractivity contribution in [1.29, 1.82) is 0 Å². The van der Waals surface area contributed by atoms with Crippen LogP contribution < -0.4 is 10.1 Å². The van der Waals surface area contributed by atoms with Crippen molar-refractivity contribution in [3.63, 3.8) is 0 Å². The molecule has 116 valence electrons. The molecule has 0 saturated heterocycles. The number of hydrogen-bond acceptors (Lipinski definition) is 4. The van der Waals surface area contributed by atoms with Crippen LogP contribution in [0.1, 0.15) is 17.3 Å². The number of carbonyl (C=O) groups is 1. The number of carbonyl (C=O) groups excluding carboxylic acids is 1. The predicted molar refractivity (Wildman–Crippen MR) is 85.0 cm³/mol. The van der Waals surface area contributed by atoms with E-state index in [0.717, 1.165) is 0 Å². The van der Waals surface area contributed by atoms with E-state index in [0.29, 0.717) is 17.9 Å². The van der Waals surface area contributed by atoms with Crippen molar-refractivity contribution in [1.82, 2.24) is 0 Å². The number of nitrogens with one attached hydrogen (secondary N) is 1. The van der Waals surface area contributed by atoms with E-state index in [4.69, 9.17) is 15.4 Å². The summed E-state index contributed by atoms with van der Waals surface area (Å²) < 4.78 is 28.5. The van der Waals surface area contributed by atoms with E-state index in [2.05, 4.69) is 5.32 Å². The molecule has 0 unspecified atom stereocenters. The molecule has 22 heavy (non-hydrogen) atoms. The topological polar surface area (TPSA) is 72.5 Å². The Hall–Kier alpha value is -2.05. The van der Waals surface area contributed by atoms with Crippen molar-refractivity contribution in [2.24, 2.45) is 0 Å². The summed E-state index contributed by atoms with van der Waals surface area (Å²) in [5.74, 6) is -0.196. The number of halogens is 1. The Kier molecular flexibility index (Phi) is 5.05. The first kappa shape index (κ1) is 16.3. The van der Waals surface area contributed by atoms with E-state index in [-0.39, 0.29) is 16.6 Å². The van der Waals surface area contributed by atoms with Crippen LogP contribution in [0.4, 0.5) is 5.69 Å². The van der Waals surface area contributed by atoms with Gasteiger partial charge in [0, 0.05) is 21.9 Å². The van der Waals surface area contributed by atoms with E-state index in [1.54, 1.807) is 43.3 Å². The van der Waals surface area contributed by atoms with Crippen LogP contribution in [0.2, 0.25) is 0 Å². The molecular weight excluding hydrogens is 326 g/mol. The summed E-state index contributed by atoms with van der Waals surface area (Å²) in [6, 6.07) is 12.9. The fraction of sp³-hybridized carbons (Fsp3) is 0.133. The van der Waals surface area contributed by atoms with E-state index in [1.807, 2.05) is 0 Å². The van der Waals surface area contributed by atoms with Gasteiger partial charge < -0.3 is 10.1 Å². The molecule has 0 aliphatic heterocycles. The molecule has 1 amide bonds. The van der Waals surface area contributed by atoms with Crippen LogP contribution in [0.25, 0.3) is 0 Å². The first-order valence-electron chi connectivity index (χ1n) is 6.49. The highest BCUT2D eigenvalue weighted by Crippen LogP contribution is 2.30. The first-order valence-corrected chi connectivity index (χ1v) is 8.80. The first-order chi connectivity index (χ1) is 10.4. The molecule has 0 aliphatic carbocycles. The van der Waals surface area contributed by atoms with E-state index < -0.39 is 9.05 Å². The Bertz CT molecular complexity index is 775. The molecule has 2 aromatic carbocycles. The minimum absolute atomic E-state index is 0.148. The zero-order valence-electron chi connectivity index (χ0n) is 11.7. The normalized spacial score (nSPS) is 11.0. The monoisotopic (exact) mass is 339 g/mol. The van der Waals surface area contributed by atoms with Crippen molar-refractivity contribution < 1.29 is 17.9 Å². The second kappa shape index (κ2) is 6.81. The van der Waals surface area contributed by atoms with Gasteiger partial charge in [0.25, 0.3) is 15.0 Å². The van der Waals surface area contributed by atoms with E-state index >= 15 is 0 Å². The molecular formula is C15H14ClNO4S. The number of anilines is 1. The summed E-state index contributed by atoms with van der Waals surface area (Å²) in [5, 5.41) is 2.62. The molecule has 0 spiro atoms. The average Bonchev–Trinajstić information content (AvgIpc) is 2.49. The van der Waals surface area contributed by atoms with E-state index in [9.17, 15) is 13.2 Å². The lowest BCUT2D eigenvalue weighted by molar-refractivity contribution is 0.102. The standard InChI is InChI=1S/C15H14ClNO4S/c1-2-21-13-9-8-12(10-14(13)22(16,19)20)17-15(18)11-6-4-3-5-7-11/h3-10H,2H2,1H3,(H,17,18). The molecule has 0 bridgehead atoms. The van der Waals surface area contributed by atoms with Crippen molar-refractivity contribution in [2.75, 3.05) is 11.9 Å². The third-order valence-electron chi connectivity index (χ3n) is 2.80. The molecule has 0 saturated carbocycles. The third kappa shape index (κ3) is 3.99. The quantitative estimate of drug-likeness (QED) is 0.848. The summed E-state index contributed by atoms with van der Waals surface area (Å²) in [6.07, 6.45) is 0. The Balaban J connectivity index is 2.31. The Labute approximate surface area is 133 Å². The zero-order valence-corrected chi connectivity index (χ0v) is 13.3. The van der Waals surface area contributed by atoms with Gasteiger partial charge >= 0.3 is 0 Å².